The van der Waals surface area contributed by atoms with E-state index in [4.69, 9.17) is 4.52 Å². The van der Waals surface area contributed by atoms with Gasteiger partial charge in [0.1, 0.15) is 0 Å². The third-order valence-corrected chi connectivity index (χ3v) is 2.31. The van der Waals surface area contributed by atoms with Crippen LogP contribution in [0.15, 0.2) is 16.9 Å². The Morgan fingerprint density at radius 1 is 1.21 bits per heavy atom. The summed E-state index contributed by atoms with van der Waals surface area (Å²) >= 11 is 0. The summed E-state index contributed by atoms with van der Waals surface area (Å²) in [6, 6.07) is 0.792. The van der Waals surface area contributed by atoms with Gasteiger partial charge in [0.15, 0.2) is 29.6 Å². The van der Waals surface area contributed by atoms with Crippen molar-refractivity contribution in [3.8, 4) is 0 Å². The van der Waals surface area contributed by atoms with Gasteiger partial charge in [-0.25, -0.2) is 13.8 Å². The number of anilines is 2. The van der Waals surface area contributed by atoms with Crippen LogP contribution in [0.2, 0.25) is 0 Å². The van der Waals surface area contributed by atoms with Crippen LogP contribution in [0.4, 0.5) is 20.4 Å². The van der Waals surface area contributed by atoms with Gasteiger partial charge in [-0.3, -0.25) is 0 Å². The van der Waals surface area contributed by atoms with Gasteiger partial charge in [-0.05, 0) is 6.92 Å². The standard InChI is InChI=1S/C11H13F2N5O/c1-2-14-10-7(12)5-8(13)11(18-10)15-4-3-9-16-6-17-19-9/h5-6H,2-4H2,1H3,(H2,14,15,18). The second kappa shape index (κ2) is 6.07. The molecule has 0 spiro atoms. The average molecular weight is 269 g/mol. The maximum Gasteiger partial charge on any atom is 0.228 e. The van der Waals surface area contributed by atoms with Gasteiger partial charge in [0, 0.05) is 25.6 Å². The summed E-state index contributed by atoms with van der Waals surface area (Å²) in [5, 5.41) is 8.92. The molecule has 6 nitrogen and oxygen atoms in total. The second-order valence-electron chi connectivity index (χ2n) is 3.69. The molecule has 0 aromatic carbocycles. The molecule has 102 valence electrons. The minimum Gasteiger partial charge on any atom is -0.368 e. The van der Waals surface area contributed by atoms with E-state index >= 15 is 0 Å². The fourth-order valence-corrected chi connectivity index (χ4v) is 1.48. The zero-order chi connectivity index (χ0) is 13.7. The van der Waals surface area contributed by atoms with Gasteiger partial charge in [0.25, 0.3) is 0 Å². The summed E-state index contributed by atoms with van der Waals surface area (Å²) in [5.74, 6) is -1.03. The maximum absolute atomic E-state index is 13.5. The lowest BCUT2D eigenvalue weighted by Gasteiger charge is -2.09. The molecule has 2 aromatic rings. The number of aromatic nitrogens is 3. The van der Waals surface area contributed by atoms with E-state index in [2.05, 4.69) is 25.8 Å². The first-order valence-corrected chi connectivity index (χ1v) is 5.80. The summed E-state index contributed by atoms with van der Waals surface area (Å²) in [5.41, 5.74) is 0. The van der Waals surface area contributed by atoms with Gasteiger partial charge in [0.2, 0.25) is 5.89 Å². The predicted molar refractivity (Wildman–Crippen MR) is 64.8 cm³/mol. The molecule has 0 amide bonds. The van der Waals surface area contributed by atoms with E-state index in [-0.39, 0.29) is 11.6 Å². The molecule has 0 radical (unpaired) electrons. The lowest BCUT2D eigenvalue weighted by molar-refractivity contribution is 0.379. The van der Waals surface area contributed by atoms with Crippen LogP contribution in [0.25, 0.3) is 0 Å². The molecule has 0 saturated carbocycles. The van der Waals surface area contributed by atoms with E-state index in [1.54, 1.807) is 6.92 Å². The molecular weight excluding hydrogens is 256 g/mol. The summed E-state index contributed by atoms with van der Waals surface area (Å²) < 4.78 is 31.6. The van der Waals surface area contributed by atoms with E-state index in [0.29, 0.717) is 25.4 Å². The lowest BCUT2D eigenvalue weighted by Crippen LogP contribution is -2.11. The molecule has 0 fully saturated rings. The fraction of sp³-hybridized carbons (Fsp3) is 0.364. The number of hydrogen-bond donors (Lipinski definition) is 2. The van der Waals surface area contributed by atoms with Crippen molar-refractivity contribution in [1.82, 2.24) is 15.1 Å². The Morgan fingerprint density at radius 3 is 2.58 bits per heavy atom. The van der Waals surface area contributed by atoms with E-state index in [1.807, 2.05) is 0 Å². The molecule has 2 rings (SSSR count). The molecule has 0 saturated heterocycles. The molecule has 2 heterocycles. The van der Waals surface area contributed by atoms with Crippen molar-refractivity contribution in [3.63, 3.8) is 0 Å². The van der Waals surface area contributed by atoms with E-state index < -0.39 is 11.6 Å². The Morgan fingerprint density at radius 2 is 1.95 bits per heavy atom. The molecule has 0 atom stereocenters. The van der Waals surface area contributed by atoms with Crippen molar-refractivity contribution >= 4 is 11.6 Å². The van der Waals surface area contributed by atoms with Gasteiger partial charge < -0.3 is 15.2 Å². The smallest absolute Gasteiger partial charge is 0.228 e. The van der Waals surface area contributed by atoms with Crippen LogP contribution in [0.5, 0.6) is 0 Å². The largest absolute Gasteiger partial charge is 0.368 e. The number of nitrogens with zero attached hydrogens (tertiary/aromatic N) is 3. The van der Waals surface area contributed by atoms with Crippen LogP contribution in [0.3, 0.4) is 0 Å². The Bertz CT molecular complexity index is 532. The van der Waals surface area contributed by atoms with Gasteiger partial charge in [0.05, 0.1) is 0 Å². The third-order valence-electron chi connectivity index (χ3n) is 2.31. The number of nitrogens with one attached hydrogen (secondary N) is 2. The summed E-state index contributed by atoms with van der Waals surface area (Å²) in [6.07, 6.45) is 1.71. The van der Waals surface area contributed by atoms with Crippen LogP contribution in [0.1, 0.15) is 12.8 Å². The van der Waals surface area contributed by atoms with Crippen molar-refractivity contribution in [3.05, 3.63) is 29.9 Å². The molecule has 8 heteroatoms. The SMILES string of the molecule is CCNc1nc(NCCc2ncno2)c(F)cc1F. The van der Waals surface area contributed by atoms with Gasteiger partial charge in [-0.15, -0.1) is 0 Å². The van der Waals surface area contributed by atoms with E-state index in [9.17, 15) is 8.78 Å². The quantitative estimate of drug-likeness (QED) is 0.833. The zero-order valence-electron chi connectivity index (χ0n) is 10.3. The van der Waals surface area contributed by atoms with Crippen LogP contribution in [-0.4, -0.2) is 28.2 Å². The Kier molecular flexibility index (Phi) is 4.22. The summed E-state index contributed by atoms with van der Waals surface area (Å²) in [7, 11) is 0. The number of hydrogen-bond acceptors (Lipinski definition) is 6. The second-order valence-corrected chi connectivity index (χ2v) is 3.69. The van der Waals surface area contributed by atoms with Gasteiger partial charge in [-0.1, -0.05) is 5.16 Å². The first kappa shape index (κ1) is 13.2. The number of rotatable bonds is 6. The van der Waals surface area contributed by atoms with E-state index in [0.717, 1.165) is 6.07 Å². The Hall–Kier alpha value is -2.25. The zero-order valence-corrected chi connectivity index (χ0v) is 10.3. The van der Waals surface area contributed by atoms with Crippen LogP contribution in [0, 0.1) is 11.6 Å². The molecule has 0 unspecified atom stereocenters. The Labute approximate surface area is 108 Å². The maximum atomic E-state index is 13.5. The Balaban J connectivity index is 2.00. The van der Waals surface area contributed by atoms with Crippen molar-refractivity contribution < 1.29 is 13.3 Å². The van der Waals surface area contributed by atoms with E-state index in [1.165, 1.54) is 6.33 Å². The van der Waals surface area contributed by atoms with Crippen LogP contribution in [-0.2, 0) is 6.42 Å². The molecular formula is C11H13F2N5O. The highest BCUT2D eigenvalue weighted by molar-refractivity contribution is 5.47. The molecule has 19 heavy (non-hydrogen) atoms. The molecule has 2 aromatic heterocycles. The average Bonchev–Trinajstić information content (AvgIpc) is 2.88. The van der Waals surface area contributed by atoms with Crippen molar-refractivity contribution in [2.75, 3.05) is 23.7 Å². The minimum atomic E-state index is -0.746. The third kappa shape index (κ3) is 3.36. The summed E-state index contributed by atoms with van der Waals surface area (Å²) in [6.45, 7) is 2.65. The van der Waals surface area contributed by atoms with Crippen LogP contribution < -0.4 is 10.6 Å². The van der Waals surface area contributed by atoms with Crippen molar-refractivity contribution in [1.29, 1.82) is 0 Å². The van der Waals surface area contributed by atoms with Crippen molar-refractivity contribution in [2.24, 2.45) is 0 Å². The first-order valence-electron chi connectivity index (χ1n) is 5.80. The molecule has 0 aliphatic rings. The van der Waals surface area contributed by atoms with Crippen LogP contribution >= 0.6 is 0 Å². The molecule has 0 aliphatic carbocycles. The lowest BCUT2D eigenvalue weighted by atomic mass is 10.3. The fourth-order valence-electron chi connectivity index (χ4n) is 1.48. The topological polar surface area (TPSA) is 75.9 Å². The monoisotopic (exact) mass is 269 g/mol. The highest BCUT2D eigenvalue weighted by Crippen LogP contribution is 2.18. The predicted octanol–water partition coefficient (Wildman–Crippen LogP) is 1.83. The summed E-state index contributed by atoms with van der Waals surface area (Å²) in [4.78, 5) is 7.67. The van der Waals surface area contributed by atoms with Crippen molar-refractivity contribution in [2.45, 2.75) is 13.3 Å². The highest BCUT2D eigenvalue weighted by atomic mass is 19.1. The first-order chi connectivity index (χ1) is 9.20. The molecule has 0 bridgehead atoms. The highest BCUT2D eigenvalue weighted by Gasteiger charge is 2.11. The molecule has 0 aliphatic heterocycles. The minimum absolute atomic E-state index is 0.0168. The van der Waals surface area contributed by atoms with Gasteiger partial charge >= 0.3 is 0 Å². The number of pyridine rings is 1. The number of halogens is 2. The van der Waals surface area contributed by atoms with Gasteiger partial charge in [-0.2, -0.15) is 4.98 Å². The normalized spacial score (nSPS) is 10.5. The molecule has 2 N–H and O–H groups in total.